The van der Waals surface area contributed by atoms with Crippen LogP contribution in [-0.4, -0.2) is 16.0 Å². The molecule has 1 N–H and O–H groups in total. The van der Waals surface area contributed by atoms with Gasteiger partial charge in [-0.2, -0.15) is 0 Å². The van der Waals surface area contributed by atoms with Gasteiger partial charge in [-0.15, -0.1) is 0 Å². The number of hydrogen-bond acceptors (Lipinski definition) is 6. The van der Waals surface area contributed by atoms with Crippen LogP contribution in [0.25, 0.3) is 21.2 Å². The highest BCUT2D eigenvalue weighted by atomic mass is 32.1. The molecule has 1 aliphatic rings. The summed E-state index contributed by atoms with van der Waals surface area (Å²) in [6.45, 7) is 4.26. The van der Waals surface area contributed by atoms with E-state index >= 15 is 0 Å². The van der Waals surface area contributed by atoms with Crippen molar-refractivity contribution in [2.24, 2.45) is 0 Å². The Balaban J connectivity index is 1.61. The average Bonchev–Trinajstić information content (AvgIpc) is 3.37. The predicted molar refractivity (Wildman–Crippen MR) is 133 cm³/mol. The lowest BCUT2D eigenvalue weighted by Gasteiger charge is -2.22. The van der Waals surface area contributed by atoms with Crippen LogP contribution in [-0.2, 0) is 0 Å². The van der Waals surface area contributed by atoms with Gasteiger partial charge in [0.25, 0.3) is 5.91 Å². The maximum Gasteiger partial charge on any atom is 0.297 e. The smallest absolute Gasteiger partial charge is 0.297 e. The quantitative estimate of drug-likeness (QED) is 0.352. The summed E-state index contributed by atoms with van der Waals surface area (Å²) >= 11 is 1.40. The van der Waals surface area contributed by atoms with E-state index in [9.17, 15) is 14.7 Å². The number of aromatic hydroxyl groups is 1. The summed E-state index contributed by atoms with van der Waals surface area (Å²) in [5.74, 6) is 0.00446. The van der Waals surface area contributed by atoms with Gasteiger partial charge in [0, 0.05) is 0 Å². The maximum absolute atomic E-state index is 13.7. The Morgan fingerprint density at radius 2 is 1.85 bits per heavy atom. The number of aromatic nitrogens is 1. The van der Waals surface area contributed by atoms with Crippen LogP contribution in [0, 0.1) is 0 Å². The number of phenolic OH excluding ortho intramolecular Hbond substituents is 1. The van der Waals surface area contributed by atoms with Crippen LogP contribution < -0.4 is 10.3 Å². The minimum atomic E-state index is -0.763. The third kappa shape index (κ3) is 3.04. The van der Waals surface area contributed by atoms with Gasteiger partial charge in [-0.3, -0.25) is 14.5 Å². The van der Waals surface area contributed by atoms with E-state index in [-0.39, 0.29) is 22.5 Å². The first kappa shape index (κ1) is 20.6. The second kappa shape index (κ2) is 7.53. The van der Waals surface area contributed by atoms with E-state index in [1.807, 2.05) is 12.1 Å². The Bertz CT molecular complexity index is 1670. The van der Waals surface area contributed by atoms with Gasteiger partial charge in [0.05, 0.1) is 27.2 Å². The number of rotatable bonds is 3. The van der Waals surface area contributed by atoms with Crippen LogP contribution in [0.4, 0.5) is 5.13 Å². The maximum atomic E-state index is 13.7. The predicted octanol–water partition coefficient (Wildman–Crippen LogP) is 5.98. The number of carbonyl (C=O) groups is 1. The van der Waals surface area contributed by atoms with Gasteiger partial charge >= 0.3 is 0 Å². The number of nitrogens with zero attached hydrogens (tertiary/aromatic N) is 2. The summed E-state index contributed by atoms with van der Waals surface area (Å²) in [6, 6.07) is 18.8. The number of para-hydroxylation sites is 1. The highest BCUT2D eigenvalue weighted by Crippen LogP contribution is 2.44. The van der Waals surface area contributed by atoms with Crippen LogP contribution in [0.2, 0.25) is 0 Å². The van der Waals surface area contributed by atoms with Crippen LogP contribution in [0.1, 0.15) is 53.1 Å². The van der Waals surface area contributed by atoms with Gasteiger partial charge in [-0.05, 0) is 53.4 Å². The van der Waals surface area contributed by atoms with E-state index in [4.69, 9.17) is 9.40 Å². The van der Waals surface area contributed by atoms with Crippen LogP contribution in [0.15, 0.2) is 75.9 Å². The van der Waals surface area contributed by atoms with Crippen molar-refractivity contribution >= 4 is 43.6 Å². The van der Waals surface area contributed by atoms with E-state index in [1.165, 1.54) is 21.8 Å². The molecule has 0 fully saturated rings. The molecular formula is C27H20N2O4S. The Morgan fingerprint density at radius 3 is 2.65 bits per heavy atom. The molecule has 0 bridgehead atoms. The molecule has 0 saturated carbocycles. The molecule has 0 saturated heterocycles. The van der Waals surface area contributed by atoms with Gasteiger partial charge < -0.3 is 9.52 Å². The topological polar surface area (TPSA) is 83.6 Å². The first-order valence-corrected chi connectivity index (χ1v) is 11.8. The molecular weight excluding hydrogens is 448 g/mol. The fourth-order valence-electron chi connectivity index (χ4n) is 4.52. The van der Waals surface area contributed by atoms with Gasteiger partial charge in [0.15, 0.2) is 10.6 Å². The fraction of sp³-hybridized carbons (Fsp3) is 0.148. The van der Waals surface area contributed by atoms with Crippen molar-refractivity contribution in [3.63, 3.8) is 0 Å². The lowest BCUT2D eigenvalue weighted by Crippen LogP contribution is -2.29. The SMILES string of the molecule is CC(C)c1ccc2nc(N3C(=O)c4oc5ccccc5c(=O)c4[C@H]3c3cccc(O)c3)sc2c1. The number of anilines is 1. The monoisotopic (exact) mass is 468 g/mol. The van der Waals surface area contributed by atoms with Crippen LogP contribution in [0.5, 0.6) is 5.75 Å². The van der Waals surface area contributed by atoms with Crippen molar-refractivity contribution in [1.82, 2.24) is 4.98 Å². The number of phenols is 1. The van der Waals surface area contributed by atoms with E-state index < -0.39 is 11.9 Å². The van der Waals surface area contributed by atoms with E-state index in [1.54, 1.807) is 48.5 Å². The number of hydrogen-bond donors (Lipinski definition) is 1. The van der Waals surface area contributed by atoms with Crippen LogP contribution in [0.3, 0.4) is 0 Å². The molecule has 0 spiro atoms. The summed E-state index contributed by atoms with van der Waals surface area (Å²) in [5, 5.41) is 11.0. The molecule has 3 heterocycles. The van der Waals surface area contributed by atoms with Crippen molar-refractivity contribution in [2.75, 3.05) is 4.90 Å². The summed E-state index contributed by atoms with van der Waals surface area (Å²) in [5.41, 5.74) is 2.94. The Labute approximate surface area is 198 Å². The standard InChI is InChI=1S/C27H20N2O4S/c1-14(2)15-10-11-19-21(13-15)34-27(28-19)29-23(16-6-5-7-17(30)12-16)22-24(31)18-8-3-4-9-20(18)33-25(22)26(29)32/h3-14,23,30H,1-2H3/t23-/m1/s1. The molecule has 0 aliphatic carbocycles. The number of benzene rings is 3. The van der Waals surface area contributed by atoms with Gasteiger partial charge in [-0.25, -0.2) is 4.98 Å². The fourth-order valence-corrected chi connectivity index (χ4v) is 5.56. The van der Waals surface area contributed by atoms with Gasteiger partial charge in [0.2, 0.25) is 5.76 Å². The summed E-state index contributed by atoms with van der Waals surface area (Å²) in [4.78, 5) is 33.6. The molecule has 3 aromatic carbocycles. The Morgan fingerprint density at radius 1 is 1.03 bits per heavy atom. The number of thiazole rings is 1. The number of amides is 1. The number of carbonyl (C=O) groups excluding carboxylic acids is 1. The normalized spacial score (nSPS) is 15.6. The second-order valence-electron chi connectivity index (χ2n) is 8.72. The van der Waals surface area contributed by atoms with Gasteiger partial charge in [-0.1, -0.05) is 55.5 Å². The lowest BCUT2D eigenvalue weighted by atomic mass is 9.98. The average molecular weight is 469 g/mol. The first-order valence-electron chi connectivity index (χ1n) is 11.0. The van der Waals surface area contributed by atoms with Gasteiger partial charge in [0.1, 0.15) is 11.3 Å². The molecule has 34 heavy (non-hydrogen) atoms. The third-order valence-corrected chi connectivity index (χ3v) is 7.25. The van der Waals surface area contributed by atoms with Crippen molar-refractivity contribution < 1.29 is 14.3 Å². The lowest BCUT2D eigenvalue weighted by molar-refractivity contribution is 0.0971. The van der Waals surface area contributed by atoms with E-state index in [0.717, 1.165) is 10.2 Å². The molecule has 1 atom stereocenters. The van der Waals surface area contributed by atoms with Crippen molar-refractivity contribution in [1.29, 1.82) is 0 Å². The molecule has 168 valence electrons. The Hall–Kier alpha value is -3.97. The van der Waals surface area contributed by atoms with E-state index in [0.29, 0.717) is 27.6 Å². The minimum Gasteiger partial charge on any atom is -0.508 e. The van der Waals surface area contributed by atoms with Crippen LogP contribution >= 0.6 is 11.3 Å². The molecule has 1 amide bonds. The molecule has 2 aromatic heterocycles. The first-order chi connectivity index (χ1) is 16.4. The molecule has 6 nitrogen and oxygen atoms in total. The van der Waals surface area contributed by atoms with Crippen molar-refractivity contribution in [3.05, 3.63) is 99.4 Å². The molecule has 0 radical (unpaired) electrons. The molecule has 0 unspecified atom stereocenters. The zero-order chi connectivity index (χ0) is 23.6. The third-order valence-electron chi connectivity index (χ3n) is 6.24. The largest absolute Gasteiger partial charge is 0.508 e. The molecule has 7 heteroatoms. The summed E-state index contributed by atoms with van der Waals surface area (Å²) in [6.07, 6.45) is 0. The summed E-state index contributed by atoms with van der Waals surface area (Å²) < 4.78 is 6.94. The Kier molecular flexibility index (Phi) is 4.57. The summed E-state index contributed by atoms with van der Waals surface area (Å²) in [7, 11) is 0. The number of fused-ring (bicyclic) bond motifs is 3. The highest BCUT2D eigenvalue weighted by Gasteiger charge is 2.45. The van der Waals surface area contributed by atoms with Crippen molar-refractivity contribution in [3.8, 4) is 5.75 Å². The minimum absolute atomic E-state index is 0.0131. The van der Waals surface area contributed by atoms with E-state index in [2.05, 4.69) is 19.9 Å². The molecule has 1 aliphatic heterocycles. The second-order valence-corrected chi connectivity index (χ2v) is 9.73. The highest BCUT2D eigenvalue weighted by molar-refractivity contribution is 7.22. The van der Waals surface area contributed by atoms with Crippen molar-refractivity contribution in [2.45, 2.75) is 25.8 Å². The molecule has 6 rings (SSSR count). The molecule has 5 aromatic rings. The zero-order valence-corrected chi connectivity index (χ0v) is 19.3. The zero-order valence-electron chi connectivity index (χ0n) is 18.5.